The van der Waals surface area contributed by atoms with Gasteiger partial charge in [0.25, 0.3) is 0 Å². The lowest BCUT2D eigenvalue weighted by Crippen LogP contribution is -2.33. The van der Waals surface area contributed by atoms with E-state index in [-0.39, 0.29) is 0 Å². The molecule has 0 aliphatic carbocycles. The fourth-order valence-electron chi connectivity index (χ4n) is 1.96. The van der Waals surface area contributed by atoms with Crippen LogP contribution < -0.4 is 10.6 Å². The summed E-state index contributed by atoms with van der Waals surface area (Å²) < 4.78 is 0. The Kier molecular flexibility index (Phi) is 3.59. The van der Waals surface area contributed by atoms with Crippen molar-refractivity contribution < 1.29 is 0 Å². The second-order valence-corrected chi connectivity index (χ2v) is 6.43. The van der Waals surface area contributed by atoms with Gasteiger partial charge in [0.1, 0.15) is 0 Å². The molecule has 1 saturated heterocycles. The van der Waals surface area contributed by atoms with Crippen molar-refractivity contribution >= 4 is 0 Å². The molecule has 2 nitrogen and oxygen atoms in total. The second kappa shape index (κ2) is 4.19. The Labute approximate surface area is 88.8 Å². The maximum absolute atomic E-state index is 3.63. The predicted molar refractivity (Wildman–Crippen MR) is 62.6 cm³/mol. The molecule has 1 heterocycles. The highest BCUT2D eigenvalue weighted by atomic mass is 15.1. The lowest BCUT2D eigenvalue weighted by Gasteiger charge is -2.21. The number of rotatable bonds is 3. The zero-order chi connectivity index (χ0) is 10.8. The summed E-state index contributed by atoms with van der Waals surface area (Å²) >= 11 is 0. The van der Waals surface area contributed by atoms with E-state index in [0.29, 0.717) is 17.0 Å². The molecule has 0 bridgehead atoms. The molecule has 1 aliphatic heterocycles. The van der Waals surface area contributed by atoms with Crippen LogP contribution in [0.4, 0.5) is 0 Å². The molecule has 2 heteroatoms. The quantitative estimate of drug-likeness (QED) is 0.726. The molecule has 0 amide bonds. The summed E-state index contributed by atoms with van der Waals surface area (Å²) in [6, 6.07) is 0.673. The topological polar surface area (TPSA) is 24.1 Å². The van der Waals surface area contributed by atoms with Crippen LogP contribution >= 0.6 is 0 Å². The normalized spacial score (nSPS) is 26.8. The third kappa shape index (κ3) is 4.43. The fourth-order valence-corrected chi connectivity index (χ4v) is 1.96. The second-order valence-electron chi connectivity index (χ2n) is 6.43. The van der Waals surface area contributed by atoms with Crippen LogP contribution in [0.25, 0.3) is 0 Å². The molecule has 0 spiro atoms. The van der Waals surface area contributed by atoms with Crippen LogP contribution in [0.2, 0.25) is 0 Å². The van der Waals surface area contributed by atoms with Crippen molar-refractivity contribution in [2.45, 2.75) is 59.0 Å². The molecule has 0 aromatic heterocycles. The van der Waals surface area contributed by atoms with Crippen LogP contribution in [0.5, 0.6) is 0 Å². The predicted octanol–water partition coefficient (Wildman–Crippen LogP) is 2.15. The molecule has 84 valence electrons. The van der Waals surface area contributed by atoms with Gasteiger partial charge in [0.15, 0.2) is 0 Å². The van der Waals surface area contributed by atoms with Crippen molar-refractivity contribution in [3.05, 3.63) is 0 Å². The minimum Gasteiger partial charge on any atom is -0.313 e. The molecule has 14 heavy (non-hydrogen) atoms. The Morgan fingerprint density at radius 2 is 2.00 bits per heavy atom. The zero-order valence-electron chi connectivity index (χ0n) is 10.4. The van der Waals surface area contributed by atoms with Gasteiger partial charge < -0.3 is 10.6 Å². The number of nitrogens with one attached hydrogen (secondary N) is 2. The van der Waals surface area contributed by atoms with E-state index in [1.807, 2.05) is 0 Å². The summed E-state index contributed by atoms with van der Waals surface area (Å²) in [5.74, 6) is 0. The minimum atomic E-state index is 0.333. The van der Waals surface area contributed by atoms with Gasteiger partial charge in [-0.1, -0.05) is 20.8 Å². The Morgan fingerprint density at radius 1 is 1.36 bits per heavy atom. The maximum Gasteiger partial charge on any atom is 0.0210 e. The smallest absolute Gasteiger partial charge is 0.0210 e. The number of hydrogen-bond donors (Lipinski definition) is 2. The van der Waals surface area contributed by atoms with Gasteiger partial charge in [0.05, 0.1) is 0 Å². The van der Waals surface area contributed by atoms with E-state index in [0.717, 1.165) is 13.1 Å². The van der Waals surface area contributed by atoms with Crippen LogP contribution in [-0.4, -0.2) is 24.7 Å². The molecular weight excluding hydrogens is 172 g/mol. The van der Waals surface area contributed by atoms with E-state index < -0.39 is 0 Å². The van der Waals surface area contributed by atoms with Crippen molar-refractivity contribution in [2.75, 3.05) is 13.1 Å². The molecule has 1 atom stereocenters. The molecule has 1 fully saturated rings. The summed E-state index contributed by atoms with van der Waals surface area (Å²) in [4.78, 5) is 0. The summed E-state index contributed by atoms with van der Waals surface area (Å²) in [5, 5.41) is 7.16. The molecule has 0 aromatic carbocycles. The molecule has 1 unspecified atom stereocenters. The Bertz CT molecular complexity index is 179. The van der Waals surface area contributed by atoms with Crippen molar-refractivity contribution in [3.63, 3.8) is 0 Å². The highest BCUT2D eigenvalue weighted by Gasteiger charge is 2.29. The van der Waals surface area contributed by atoms with E-state index in [4.69, 9.17) is 0 Å². The Balaban J connectivity index is 2.15. The first-order chi connectivity index (χ1) is 6.29. The molecule has 0 saturated carbocycles. The molecule has 1 rings (SSSR count). The number of hydrogen-bond acceptors (Lipinski definition) is 2. The van der Waals surface area contributed by atoms with Crippen molar-refractivity contribution in [2.24, 2.45) is 5.41 Å². The van der Waals surface area contributed by atoms with Gasteiger partial charge in [-0.25, -0.2) is 0 Å². The van der Waals surface area contributed by atoms with Crippen molar-refractivity contribution in [1.29, 1.82) is 0 Å². The average Bonchev–Trinajstić information content (AvgIpc) is 2.27. The molecule has 0 radical (unpaired) electrons. The van der Waals surface area contributed by atoms with Crippen LogP contribution in [0.3, 0.4) is 0 Å². The van der Waals surface area contributed by atoms with Crippen LogP contribution in [0.1, 0.15) is 47.5 Å². The fraction of sp³-hybridized carbons (Fsp3) is 1.00. The monoisotopic (exact) mass is 198 g/mol. The van der Waals surface area contributed by atoms with Crippen molar-refractivity contribution in [3.8, 4) is 0 Å². The highest BCUT2D eigenvalue weighted by molar-refractivity contribution is 4.93. The molecule has 2 N–H and O–H groups in total. The largest absolute Gasteiger partial charge is 0.313 e. The third-order valence-electron chi connectivity index (χ3n) is 2.89. The van der Waals surface area contributed by atoms with Gasteiger partial charge in [-0.3, -0.25) is 0 Å². The molecule has 1 aliphatic rings. The lowest BCUT2D eigenvalue weighted by molar-refractivity contribution is 0.353. The summed E-state index contributed by atoms with van der Waals surface area (Å²) in [5.41, 5.74) is 0.786. The van der Waals surface area contributed by atoms with E-state index in [1.54, 1.807) is 0 Å². The van der Waals surface area contributed by atoms with Crippen LogP contribution in [0, 0.1) is 5.41 Å². The summed E-state index contributed by atoms with van der Waals surface area (Å²) in [6.07, 6.45) is 2.50. The Hall–Kier alpha value is -0.0800. The van der Waals surface area contributed by atoms with Gasteiger partial charge >= 0.3 is 0 Å². The van der Waals surface area contributed by atoms with Gasteiger partial charge in [-0.2, -0.15) is 0 Å². The van der Waals surface area contributed by atoms with E-state index in [2.05, 4.69) is 45.3 Å². The van der Waals surface area contributed by atoms with Crippen LogP contribution in [0.15, 0.2) is 0 Å². The van der Waals surface area contributed by atoms with Gasteiger partial charge in [-0.05, 0) is 38.6 Å². The van der Waals surface area contributed by atoms with Gasteiger partial charge in [-0.15, -0.1) is 0 Å². The summed E-state index contributed by atoms with van der Waals surface area (Å²) in [6.45, 7) is 13.7. The molecule has 0 aromatic rings. The first kappa shape index (κ1) is 12.0. The maximum atomic E-state index is 3.63. The van der Waals surface area contributed by atoms with Gasteiger partial charge in [0, 0.05) is 18.1 Å². The highest BCUT2D eigenvalue weighted by Crippen LogP contribution is 2.20. The van der Waals surface area contributed by atoms with E-state index in [9.17, 15) is 0 Å². The average molecular weight is 198 g/mol. The summed E-state index contributed by atoms with van der Waals surface area (Å²) in [7, 11) is 0. The lowest BCUT2D eigenvalue weighted by atomic mass is 9.92. The first-order valence-corrected chi connectivity index (χ1v) is 5.77. The zero-order valence-corrected chi connectivity index (χ0v) is 10.4. The van der Waals surface area contributed by atoms with E-state index >= 15 is 0 Å². The minimum absolute atomic E-state index is 0.333. The SMILES string of the molecule is CC(C)(C)CCNC1CNC(C)(C)C1. The standard InChI is InChI=1S/C12H26N2/c1-11(2,3)6-7-13-10-8-12(4,5)14-9-10/h10,13-14H,6-9H2,1-5H3. The Morgan fingerprint density at radius 3 is 2.43 bits per heavy atom. The van der Waals surface area contributed by atoms with E-state index in [1.165, 1.54) is 12.8 Å². The van der Waals surface area contributed by atoms with Crippen LogP contribution in [-0.2, 0) is 0 Å². The molecular formula is C12H26N2. The van der Waals surface area contributed by atoms with Crippen molar-refractivity contribution in [1.82, 2.24) is 10.6 Å². The van der Waals surface area contributed by atoms with Gasteiger partial charge in [0.2, 0.25) is 0 Å². The third-order valence-corrected chi connectivity index (χ3v) is 2.89. The first-order valence-electron chi connectivity index (χ1n) is 5.77.